The second-order valence-corrected chi connectivity index (χ2v) is 9.31. The van der Waals surface area contributed by atoms with Crippen LogP contribution in [0.3, 0.4) is 0 Å². The van der Waals surface area contributed by atoms with Crippen molar-refractivity contribution in [2.75, 3.05) is 18.8 Å². The van der Waals surface area contributed by atoms with Gasteiger partial charge in [0.15, 0.2) is 0 Å². The van der Waals surface area contributed by atoms with E-state index in [-0.39, 0.29) is 31.4 Å². The Bertz CT molecular complexity index is 976. The molecule has 1 fully saturated rings. The number of hydrogen-bond donors (Lipinski definition) is 2. The normalized spacial score (nSPS) is 16.7. The third-order valence-corrected chi connectivity index (χ3v) is 7.10. The molecule has 2 aromatic rings. The highest BCUT2D eigenvalue weighted by molar-refractivity contribution is 7.89. The summed E-state index contributed by atoms with van der Waals surface area (Å²) in [6.07, 6.45) is -0.890. The first kappa shape index (κ1) is 23.1. The topological polar surface area (TPSA) is 95.9 Å². The molecule has 1 aliphatic rings. The van der Waals surface area contributed by atoms with Crippen LogP contribution in [0.2, 0.25) is 0 Å². The second-order valence-electron chi connectivity index (χ2n) is 7.30. The highest BCUT2D eigenvalue weighted by Crippen LogP contribution is 2.23. The Balaban J connectivity index is 1.58. The third-order valence-electron chi connectivity index (χ3n) is 5.20. The molecule has 0 bridgehead atoms. The number of nitrogens with zero attached hydrogens (tertiary/aromatic N) is 1. The van der Waals surface area contributed by atoms with Crippen LogP contribution in [-0.2, 0) is 21.4 Å². The number of halogens is 2. The molecule has 0 saturated carbocycles. The summed E-state index contributed by atoms with van der Waals surface area (Å²) in [6.45, 7) is 0.136. The van der Waals surface area contributed by atoms with Crippen molar-refractivity contribution in [3.05, 3.63) is 71.3 Å². The molecule has 1 saturated heterocycles. The molecule has 31 heavy (non-hydrogen) atoms. The van der Waals surface area contributed by atoms with Gasteiger partial charge in [0.05, 0.1) is 24.5 Å². The molecule has 1 aliphatic heterocycles. The number of nitrogens with one attached hydrogen (secondary N) is 1. The van der Waals surface area contributed by atoms with Crippen molar-refractivity contribution in [2.45, 2.75) is 31.6 Å². The zero-order valence-corrected chi connectivity index (χ0v) is 17.5. The quantitative estimate of drug-likeness (QED) is 0.638. The molecule has 2 aromatic carbocycles. The first-order valence-corrected chi connectivity index (χ1v) is 11.4. The van der Waals surface area contributed by atoms with E-state index in [1.54, 1.807) is 30.3 Å². The van der Waals surface area contributed by atoms with Gasteiger partial charge in [-0.05, 0) is 30.5 Å². The van der Waals surface area contributed by atoms with E-state index in [4.69, 9.17) is 9.84 Å². The highest BCUT2D eigenvalue weighted by Gasteiger charge is 2.32. The maximum absolute atomic E-state index is 13.7. The number of hydrogen-bond acceptors (Lipinski definition) is 4. The zero-order valence-electron chi connectivity index (χ0n) is 16.7. The average Bonchev–Trinajstić information content (AvgIpc) is 2.73. The maximum Gasteiger partial charge on any atom is 0.405 e. The van der Waals surface area contributed by atoms with E-state index in [0.717, 1.165) is 12.1 Å². The third kappa shape index (κ3) is 6.22. The molecule has 10 heteroatoms. The number of benzene rings is 2. The van der Waals surface area contributed by atoms with E-state index in [0.29, 0.717) is 18.4 Å². The summed E-state index contributed by atoms with van der Waals surface area (Å²) in [4.78, 5) is 11.1. The van der Waals surface area contributed by atoms with Gasteiger partial charge in [-0.25, -0.2) is 26.3 Å². The lowest BCUT2D eigenvalue weighted by molar-refractivity contribution is 0.00774. The molecule has 1 heterocycles. The number of amides is 1. The Morgan fingerprint density at radius 2 is 1.71 bits per heavy atom. The summed E-state index contributed by atoms with van der Waals surface area (Å²) in [5.74, 6) is -1.77. The zero-order chi connectivity index (χ0) is 22.4. The number of piperidine rings is 1. The maximum atomic E-state index is 13.7. The number of carboxylic acid groups (broad SMARTS) is 1. The van der Waals surface area contributed by atoms with Crippen LogP contribution in [0.25, 0.3) is 0 Å². The summed E-state index contributed by atoms with van der Waals surface area (Å²) in [5.41, 5.74) is 0.404. The fourth-order valence-electron chi connectivity index (χ4n) is 3.52. The van der Waals surface area contributed by atoms with Crippen LogP contribution in [0.5, 0.6) is 0 Å². The van der Waals surface area contributed by atoms with E-state index in [2.05, 4.69) is 5.32 Å². The Morgan fingerprint density at radius 3 is 2.29 bits per heavy atom. The van der Waals surface area contributed by atoms with Gasteiger partial charge in [-0.2, -0.15) is 0 Å². The molecule has 7 nitrogen and oxygen atoms in total. The van der Waals surface area contributed by atoms with Crippen molar-refractivity contribution in [1.82, 2.24) is 9.62 Å². The summed E-state index contributed by atoms with van der Waals surface area (Å²) >= 11 is 0. The molecule has 1 amide bonds. The molecular weight excluding hydrogens is 430 g/mol. The fourth-order valence-corrected chi connectivity index (χ4v) is 5.20. The van der Waals surface area contributed by atoms with Gasteiger partial charge in [0, 0.05) is 18.7 Å². The van der Waals surface area contributed by atoms with Crippen LogP contribution >= 0.6 is 0 Å². The molecule has 1 atom stereocenters. The fraction of sp³-hybridized carbons (Fsp3) is 0.381. The van der Waals surface area contributed by atoms with Crippen molar-refractivity contribution < 1.29 is 31.8 Å². The van der Waals surface area contributed by atoms with Gasteiger partial charge >= 0.3 is 6.09 Å². The van der Waals surface area contributed by atoms with Crippen LogP contribution in [0.15, 0.2) is 48.5 Å². The minimum atomic E-state index is -3.75. The van der Waals surface area contributed by atoms with Crippen molar-refractivity contribution in [1.29, 1.82) is 0 Å². The number of rotatable bonds is 8. The van der Waals surface area contributed by atoms with Crippen molar-refractivity contribution in [3.8, 4) is 0 Å². The Hall–Kier alpha value is -2.56. The smallest absolute Gasteiger partial charge is 0.405 e. The van der Waals surface area contributed by atoms with Crippen molar-refractivity contribution in [2.24, 2.45) is 0 Å². The summed E-state index contributed by atoms with van der Waals surface area (Å²) in [5, 5.41) is 11.4. The molecular formula is C21H24F2N2O5S. The Morgan fingerprint density at radius 1 is 1.10 bits per heavy atom. The van der Waals surface area contributed by atoms with Crippen molar-refractivity contribution >= 4 is 16.1 Å². The Kier molecular flexibility index (Phi) is 7.58. The average molecular weight is 454 g/mol. The lowest BCUT2D eigenvalue weighted by Gasteiger charge is -2.32. The predicted molar refractivity (Wildman–Crippen MR) is 110 cm³/mol. The molecule has 0 unspecified atom stereocenters. The predicted octanol–water partition coefficient (Wildman–Crippen LogP) is 3.28. The molecule has 0 aliphatic carbocycles. The van der Waals surface area contributed by atoms with E-state index in [9.17, 15) is 22.0 Å². The van der Waals surface area contributed by atoms with E-state index >= 15 is 0 Å². The van der Waals surface area contributed by atoms with Gasteiger partial charge in [-0.15, -0.1) is 0 Å². The molecule has 0 spiro atoms. The summed E-state index contributed by atoms with van der Waals surface area (Å²) < 4.78 is 60.1. The molecule has 0 radical (unpaired) electrons. The van der Waals surface area contributed by atoms with E-state index in [1.165, 1.54) is 10.4 Å². The largest absolute Gasteiger partial charge is 0.465 e. The van der Waals surface area contributed by atoms with Gasteiger partial charge < -0.3 is 15.2 Å². The van der Waals surface area contributed by atoms with Crippen LogP contribution in [0.1, 0.15) is 30.0 Å². The van der Waals surface area contributed by atoms with Gasteiger partial charge in [0.1, 0.15) is 11.6 Å². The van der Waals surface area contributed by atoms with Crippen LogP contribution in [-0.4, -0.2) is 48.9 Å². The second kappa shape index (κ2) is 10.2. The van der Waals surface area contributed by atoms with Gasteiger partial charge in [0.25, 0.3) is 0 Å². The molecule has 0 aromatic heterocycles. The minimum Gasteiger partial charge on any atom is -0.465 e. The lowest BCUT2D eigenvalue weighted by Crippen LogP contribution is -2.44. The summed E-state index contributed by atoms with van der Waals surface area (Å²) in [6, 6.07) is 11.2. The molecule has 3 rings (SSSR count). The highest BCUT2D eigenvalue weighted by atomic mass is 32.2. The minimum absolute atomic E-state index is 0.150. The number of carbonyl (C=O) groups is 1. The first-order chi connectivity index (χ1) is 14.8. The van der Waals surface area contributed by atoms with Crippen LogP contribution in [0, 0.1) is 11.6 Å². The lowest BCUT2D eigenvalue weighted by atomic mass is 10.1. The van der Waals surface area contributed by atoms with Crippen molar-refractivity contribution in [3.63, 3.8) is 0 Å². The van der Waals surface area contributed by atoms with Crippen LogP contribution < -0.4 is 5.32 Å². The van der Waals surface area contributed by atoms with Crippen LogP contribution in [0.4, 0.5) is 13.6 Å². The van der Waals surface area contributed by atoms with E-state index < -0.39 is 39.5 Å². The number of ether oxygens (including phenoxy) is 1. The standard InChI is InChI=1S/C21H24F2N2O5S/c22-18-7-4-8-19(23)17(18)13-30-16-9-11-25(12-10-16)31(28,29)14-20(24-21(26)27)15-5-2-1-3-6-15/h1-8,16,20,24H,9-14H2,(H,26,27)/t20-/m0/s1. The SMILES string of the molecule is O=C(O)N[C@@H](CS(=O)(=O)N1CCC(OCc2c(F)cccc2F)CC1)c1ccccc1. The van der Waals surface area contributed by atoms with Gasteiger partial charge in [0.2, 0.25) is 10.0 Å². The number of sulfonamides is 1. The van der Waals surface area contributed by atoms with Gasteiger partial charge in [-0.3, -0.25) is 0 Å². The Labute approximate surface area is 179 Å². The summed E-state index contributed by atoms with van der Waals surface area (Å²) in [7, 11) is -3.75. The van der Waals surface area contributed by atoms with Gasteiger partial charge in [-0.1, -0.05) is 36.4 Å². The monoisotopic (exact) mass is 454 g/mol. The first-order valence-electron chi connectivity index (χ1n) is 9.83. The molecule has 168 valence electrons. The molecule has 2 N–H and O–H groups in total. The van der Waals surface area contributed by atoms with E-state index in [1.807, 2.05) is 0 Å².